The zero-order chi connectivity index (χ0) is 18.4. The van der Waals surface area contributed by atoms with Gasteiger partial charge in [-0.3, -0.25) is 4.79 Å². The molecule has 0 bridgehead atoms. The Morgan fingerprint density at radius 3 is 2.69 bits per heavy atom. The minimum atomic E-state index is -0.337. The van der Waals surface area contributed by atoms with Crippen LogP contribution >= 0.6 is 11.8 Å². The van der Waals surface area contributed by atoms with Crippen LogP contribution in [0.25, 0.3) is 0 Å². The van der Waals surface area contributed by atoms with Crippen molar-refractivity contribution in [2.75, 3.05) is 12.9 Å². The molecule has 0 saturated carbocycles. The molecule has 0 aromatic heterocycles. The summed E-state index contributed by atoms with van der Waals surface area (Å²) in [6.07, 6.45) is 3.21. The molecule has 1 amide bonds. The van der Waals surface area contributed by atoms with Crippen LogP contribution in [0.1, 0.15) is 45.9 Å². The van der Waals surface area contributed by atoms with Crippen LogP contribution in [0.15, 0.2) is 48.5 Å². The van der Waals surface area contributed by atoms with E-state index in [0.29, 0.717) is 11.3 Å². The van der Waals surface area contributed by atoms with Gasteiger partial charge in [0.15, 0.2) is 0 Å². The van der Waals surface area contributed by atoms with Gasteiger partial charge in [0.1, 0.15) is 0 Å². The second kappa shape index (κ2) is 8.90. The Kier molecular flexibility index (Phi) is 6.34. The highest BCUT2D eigenvalue weighted by Crippen LogP contribution is 2.29. The summed E-state index contributed by atoms with van der Waals surface area (Å²) in [4.78, 5) is 23.7. The van der Waals surface area contributed by atoms with Crippen LogP contribution in [0.4, 0.5) is 0 Å². The van der Waals surface area contributed by atoms with Crippen LogP contribution in [0.3, 0.4) is 0 Å². The molecule has 0 unspecified atom stereocenters. The lowest BCUT2D eigenvalue weighted by molar-refractivity contribution is -0.119. The highest BCUT2D eigenvalue weighted by Gasteiger charge is 2.21. The van der Waals surface area contributed by atoms with Gasteiger partial charge in [0.25, 0.3) is 0 Å². The molecule has 1 aliphatic rings. The molecular formula is C21H23NO3S. The second-order valence-corrected chi connectivity index (χ2v) is 7.38. The number of benzene rings is 2. The van der Waals surface area contributed by atoms with Crippen LogP contribution in [0.2, 0.25) is 0 Å². The van der Waals surface area contributed by atoms with E-state index in [9.17, 15) is 9.59 Å². The minimum absolute atomic E-state index is 0.0721. The highest BCUT2D eigenvalue weighted by molar-refractivity contribution is 7.99. The van der Waals surface area contributed by atoms with E-state index in [1.165, 1.54) is 18.2 Å². The van der Waals surface area contributed by atoms with E-state index < -0.39 is 0 Å². The number of thioether (sulfide) groups is 1. The maximum Gasteiger partial charge on any atom is 0.337 e. The van der Waals surface area contributed by atoms with E-state index in [2.05, 4.69) is 28.3 Å². The van der Waals surface area contributed by atoms with Crippen LogP contribution in [-0.4, -0.2) is 24.7 Å². The summed E-state index contributed by atoms with van der Waals surface area (Å²) in [5.74, 6) is 0.896. The fourth-order valence-electron chi connectivity index (χ4n) is 3.26. The number of aryl methyl sites for hydroxylation is 1. The number of rotatable bonds is 6. The molecule has 1 aliphatic carbocycles. The van der Waals surface area contributed by atoms with Gasteiger partial charge in [-0.25, -0.2) is 4.79 Å². The third-order valence-electron chi connectivity index (χ3n) is 4.58. The monoisotopic (exact) mass is 369 g/mol. The molecule has 3 rings (SSSR count). The maximum atomic E-state index is 12.3. The quantitative estimate of drug-likeness (QED) is 0.785. The molecule has 0 radical (unpaired) electrons. The minimum Gasteiger partial charge on any atom is -0.465 e. The topological polar surface area (TPSA) is 55.4 Å². The summed E-state index contributed by atoms with van der Waals surface area (Å²) in [5, 5.41) is 3.17. The molecule has 5 heteroatoms. The lowest BCUT2D eigenvalue weighted by atomic mass is 9.88. The molecule has 26 heavy (non-hydrogen) atoms. The van der Waals surface area contributed by atoms with Gasteiger partial charge in [0, 0.05) is 5.75 Å². The van der Waals surface area contributed by atoms with Crippen LogP contribution in [0, 0.1) is 0 Å². The molecule has 2 aromatic carbocycles. The largest absolute Gasteiger partial charge is 0.465 e. The molecule has 0 aliphatic heterocycles. The third kappa shape index (κ3) is 4.67. The van der Waals surface area contributed by atoms with Crippen molar-refractivity contribution in [2.45, 2.75) is 31.1 Å². The third-order valence-corrected chi connectivity index (χ3v) is 5.59. The molecule has 1 atom stereocenters. The molecule has 1 N–H and O–H groups in total. The summed E-state index contributed by atoms with van der Waals surface area (Å²) in [6, 6.07) is 15.8. The summed E-state index contributed by atoms with van der Waals surface area (Å²) < 4.78 is 4.69. The normalized spacial score (nSPS) is 15.8. The van der Waals surface area contributed by atoms with Crippen molar-refractivity contribution < 1.29 is 14.3 Å². The van der Waals surface area contributed by atoms with Crippen molar-refractivity contribution >= 4 is 23.6 Å². The van der Waals surface area contributed by atoms with Gasteiger partial charge in [-0.15, -0.1) is 11.8 Å². The van der Waals surface area contributed by atoms with Gasteiger partial charge in [-0.05, 0) is 48.1 Å². The molecule has 0 fully saturated rings. The number of hydrogen-bond donors (Lipinski definition) is 1. The molecule has 0 heterocycles. The lowest BCUT2D eigenvalue weighted by Crippen LogP contribution is -2.32. The lowest BCUT2D eigenvalue weighted by Gasteiger charge is -2.26. The first-order valence-electron chi connectivity index (χ1n) is 8.79. The highest BCUT2D eigenvalue weighted by atomic mass is 32.2. The fourth-order valence-corrected chi connectivity index (χ4v) is 4.06. The molecule has 0 saturated heterocycles. The molecular weight excluding hydrogens is 346 g/mol. The van der Waals surface area contributed by atoms with E-state index >= 15 is 0 Å². The summed E-state index contributed by atoms with van der Waals surface area (Å²) in [5.41, 5.74) is 4.23. The van der Waals surface area contributed by atoms with E-state index in [4.69, 9.17) is 0 Å². The smallest absolute Gasteiger partial charge is 0.337 e. The Morgan fingerprint density at radius 1 is 1.15 bits per heavy atom. The SMILES string of the molecule is COC(=O)c1ccc(CSCC(=O)N[C@H]2CCCc3ccccc32)cc1. The van der Waals surface area contributed by atoms with Crippen LogP contribution in [0.5, 0.6) is 0 Å². The van der Waals surface area contributed by atoms with Crippen LogP contribution < -0.4 is 5.32 Å². The Hall–Kier alpha value is -2.27. The van der Waals surface area contributed by atoms with Crippen molar-refractivity contribution in [3.63, 3.8) is 0 Å². The maximum absolute atomic E-state index is 12.3. The number of fused-ring (bicyclic) bond motifs is 1. The number of amides is 1. The van der Waals surface area contributed by atoms with Crippen molar-refractivity contribution in [1.82, 2.24) is 5.32 Å². The molecule has 136 valence electrons. The van der Waals surface area contributed by atoms with Crippen molar-refractivity contribution in [3.05, 3.63) is 70.8 Å². The fraction of sp³-hybridized carbons (Fsp3) is 0.333. The Bertz CT molecular complexity index is 773. The number of ether oxygens (including phenoxy) is 1. The van der Waals surface area contributed by atoms with E-state index in [1.54, 1.807) is 23.9 Å². The van der Waals surface area contributed by atoms with Gasteiger partial charge in [-0.1, -0.05) is 36.4 Å². The number of carbonyl (C=O) groups is 2. The zero-order valence-corrected chi connectivity index (χ0v) is 15.7. The molecule has 2 aromatic rings. The van der Waals surface area contributed by atoms with Gasteiger partial charge < -0.3 is 10.1 Å². The predicted molar refractivity (Wildman–Crippen MR) is 104 cm³/mol. The number of methoxy groups -OCH3 is 1. The van der Waals surface area contributed by atoms with Crippen LogP contribution in [-0.2, 0) is 21.7 Å². The average molecular weight is 369 g/mol. The summed E-state index contributed by atoms with van der Waals surface area (Å²) in [7, 11) is 1.37. The van der Waals surface area contributed by atoms with Gasteiger partial charge in [0.2, 0.25) is 5.91 Å². The number of carbonyl (C=O) groups excluding carboxylic acids is 2. The predicted octanol–water partition coefficient (Wildman–Crippen LogP) is 3.90. The first-order chi connectivity index (χ1) is 12.7. The van der Waals surface area contributed by atoms with Gasteiger partial charge in [0.05, 0.1) is 24.5 Å². The van der Waals surface area contributed by atoms with E-state index in [1.807, 2.05) is 18.2 Å². The van der Waals surface area contributed by atoms with E-state index in [0.717, 1.165) is 30.6 Å². The first-order valence-corrected chi connectivity index (χ1v) is 9.95. The molecule has 0 spiro atoms. The number of nitrogens with one attached hydrogen (secondary N) is 1. The second-order valence-electron chi connectivity index (χ2n) is 6.39. The Labute approximate surface area is 158 Å². The van der Waals surface area contributed by atoms with Crippen molar-refractivity contribution in [3.8, 4) is 0 Å². The summed E-state index contributed by atoms with van der Waals surface area (Å²) >= 11 is 1.58. The number of esters is 1. The average Bonchev–Trinajstić information content (AvgIpc) is 2.68. The van der Waals surface area contributed by atoms with E-state index in [-0.39, 0.29) is 17.9 Å². The van der Waals surface area contributed by atoms with Gasteiger partial charge in [-0.2, -0.15) is 0 Å². The first kappa shape index (κ1) is 18.5. The summed E-state index contributed by atoms with van der Waals surface area (Å²) in [6.45, 7) is 0. The zero-order valence-electron chi connectivity index (χ0n) is 14.9. The van der Waals surface area contributed by atoms with Crippen molar-refractivity contribution in [1.29, 1.82) is 0 Å². The standard InChI is InChI=1S/C21H23NO3S/c1-25-21(24)17-11-9-15(10-12-17)13-26-14-20(23)22-19-8-4-6-16-5-2-3-7-18(16)19/h2-3,5,7,9-12,19H,4,6,8,13-14H2,1H3,(H,22,23)/t19-/m0/s1. The molecule has 4 nitrogen and oxygen atoms in total. The van der Waals surface area contributed by atoms with Gasteiger partial charge >= 0.3 is 5.97 Å². The van der Waals surface area contributed by atoms with Crippen molar-refractivity contribution in [2.24, 2.45) is 0 Å². The Morgan fingerprint density at radius 2 is 1.92 bits per heavy atom. The number of hydrogen-bond acceptors (Lipinski definition) is 4. The Balaban J connectivity index is 1.47.